The minimum absolute atomic E-state index is 0.405. The van der Waals surface area contributed by atoms with E-state index >= 15 is 0 Å². The number of anilines is 1. The second kappa shape index (κ2) is 7.78. The van der Waals surface area contributed by atoms with Crippen molar-refractivity contribution in [3.05, 3.63) is 18.3 Å². The molecule has 0 aliphatic carbocycles. The van der Waals surface area contributed by atoms with Crippen molar-refractivity contribution in [2.24, 2.45) is 5.73 Å². The van der Waals surface area contributed by atoms with Crippen LogP contribution in [0.3, 0.4) is 0 Å². The highest BCUT2D eigenvalue weighted by molar-refractivity contribution is 7.99. The molecule has 0 saturated heterocycles. The van der Waals surface area contributed by atoms with Crippen molar-refractivity contribution in [2.75, 3.05) is 30.5 Å². The molecule has 0 spiro atoms. The number of hydrogen-bond acceptors (Lipinski definition) is 6. The van der Waals surface area contributed by atoms with Gasteiger partial charge in [0.15, 0.2) is 0 Å². The largest absolute Gasteiger partial charge is 0.497 e. The lowest BCUT2D eigenvalue weighted by Crippen LogP contribution is -2.32. The quantitative estimate of drug-likeness (QED) is 0.597. The summed E-state index contributed by atoms with van der Waals surface area (Å²) >= 11 is 1.49. The molecular weight excluding hydrogens is 254 g/mol. The number of carboxylic acid groups (broad SMARTS) is 1. The maximum atomic E-state index is 10.5. The molecule has 1 atom stereocenters. The lowest BCUT2D eigenvalue weighted by atomic mass is 10.4. The molecule has 0 fully saturated rings. The molecule has 1 rings (SSSR count). The molecule has 1 unspecified atom stereocenters. The monoisotopic (exact) mass is 271 g/mol. The number of aliphatic carboxylic acids is 1. The number of nitrogens with one attached hydrogen (secondary N) is 1. The van der Waals surface area contributed by atoms with E-state index in [-0.39, 0.29) is 0 Å². The third-order valence-electron chi connectivity index (χ3n) is 2.13. The van der Waals surface area contributed by atoms with Gasteiger partial charge in [0, 0.05) is 30.3 Å². The van der Waals surface area contributed by atoms with Crippen LogP contribution in [0.1, 0.15) is 0 Å². The molecule has 1 aromatic rings. The number of nitrogens with zero attached hydrogens (tertiary/aromatic N) is 1. The van der Waals surface area contributed by atoms with Crippen LogP contribution in [-0.4, -0.2) is 47.3 Å². The average molecular weight is 271 g/mol. The van der Waals surface area contributed by atoms with Gasteiger partial charge >= 0.3 is 5.97 Å². The molecule has 0 amide bonds. The minimum atomic E-state index is -0.968. The van der Waals surface area contributed by atoms with E-state index in [1.54, 1.807) is 25.4 Å². The summed E-state index contributed by atoms with van der Waals surface area (Å²) in [5.74, 6) is 1.68. The third kappa shape index (κ3) is 5.24. The van der Waals surface area contributed by atoms with E-state index in [9.17, 15) is 4.79 Å². The second-order valence-corrected chi connectivity index (χ2v) is 4.68. The number of ether oxygens (including phenoxy) is 1. The Labute approximate surface area is 110 Å². The van der Waals surface area contributed by atoms with Gasteiger partial charge in [0.2, 0.25) is 0 Å². The number of pyridine rings is 1. The Morgan fingerprint density at radius 3 is 3.17 bits per heavy atom. The molecule has 1 aromatic heterocycles. The van der Waals surface area contributed by atoms with Gasteiger partial charge in [0.25, 0.3) is 0 Å². The molecule has 0 aromatic carbocycles. The first-order chi connectivity index (χ1) is 8.63. The first-order valence-electron chi connectivity index (χ1n) is 5.43. The van der Waals surface area contributed by atoms with Crippen molar-refractivity contribution < 1.29 is 14.6 Å². The van der Waals surface area contributed by atoms with Crippen LogP contribution >= 0.6 is 11.8 Å². The van der Waals surface area contributed by atoms with E-state index in [1.807, 2.05) is 0 Å². The fraction of sp³-hybridized carbons (Fsp3) is 0.455. The maximum Gasteiger partial charge on any atom is 0.321 e. The summed E-state index contributed by atoms with van der Waals surface area (Å²) in [5.41, 5.74) is 5.38. The topological polar surface area (TPSA) is 97.5 Å². The molecule has 0 aliphatic rings. The van der Waals surface area contributed by atoms with Crippen molar-refractivity contribution in [1.82, 2.24) is 4.98 Å². The van der Waals surface area contributed by atoms with Crippen molar-refractivity contribution >= 4 is 23.5 Å². The van der Waals surface area contributed by atoms with E-state index in [4.69, 9.17) is 15.6 Å². The highest BCUT2D eigenvalue weighted by Gasteiger charge is 2.10. The number of rotatable bonds is 8. The van der Waals surface area contributed by atoms with Crippen molar-refractivity contribution in [1.29, 1.82) is 0 Å². The summed E-state index contributed by atoms with van der Waals surface area (Å²) in [6.07, 6.45) is 1.66. The molecule has 18 heavy (non-hydrogen) atoms. The average Bonchev–Trinajstić information content (AvgIpc) is 2.38. The zero-order valence-electron chi connectivity index (χ0n) is 10.1. The lowest BCUT2D eigenvalue weighted by Gasteiger charge is -2.08. The van der Waals surface area contributed by atoms with Crippen LogP contribution in [0.25, 0.3) is 0 Å². The second-order valence-electron chi connectivity index (χ2n) is 3.53. The van der Waals surface area contributed by atoms with E-state index < -0.39 is 12.0 Å². The van der Waals surface area contributed by atoms with Crippen molar-refractivity contribution in [3.8, 4) is 5.75 Å². The van der Waals surface area contributed by atoms with E-state index in [0.29, 0.717) is 12.3 Å². The molecule has 100 valence electrons. The molecule has 7 heteroatoms. The Morgan fingerprint density at radius 2 is 2.50 bits per heavy atom. The van der Waals surface area contributed by atoms with Gasteiger partial charge in [-0.1, -0.05) is 0 Å². The Hall–Kier alpha value is -1.47. The Bertz CT molecular complexity index is 390. The van der Waals surface area contributed by atoms with Gasteiger partial charge in [0.1, 0.15) is 17.6 Å². The van der Waals surface area contributed by atoms with Gasteiger partial charge < -0.3 is 20.9 Å². The SMILES string of the molecule is COc1ccnc(NCCSCC(N)C(=O)O)c1. The number of hydrogen-bond donors (Lipinski definition) is 3. The summed E-state index contributed by atoms with van der Waals surface area (Å²) in [6, 6.07) is 2.77. The Balaban J connectivity index is 2.19. The van der Waals surface area contributed by atoms with Gasteiger partial charge in [-0.05, 0) is 6.07 Å². The lowest BCUT2D eigenvalue weighted by molar-refractivity contribution is -0.137. The normalized spacial score (nSPS) is 11.9. The van der Waals surface area contributed by atoms with Crippen molar-refractivity contribution in [2.45, 2.75) is 6.04 Å². The van der Waals surface area contributed by atoms with Crippen LogP contribution in [0, 0.1) is 0 Å². The standard InChI is InChI=1S/C11H17N3O3S/c1-17-8-2-3-13-10(6-8)14-4-5-18-7-9(12)11(15)16/h2-3,6,9H,4-5,7,12H2,1H3,(H,13,14)(H,15,16). The Morgan fingerprint density at radius 1 is 1.72 bits per heavy atom. The smallest absolute Gasteiger partial charge is 0.321 e. The summed E-state index contributed by atoms with van der Waals surface area (Å²) < 4.78 is 5.07. The summed E-state index contributed by atoms with van der Waals surface area (Å²) in [7, 11) is 1.60. The zero-order chi connectivity index (χ0) is 13.4. The highest BCUT2D eigenvalue weighted by Crippen LogP contribution is 2.13. The van der Waals surface area contributed by atoms with Gasteiger partial charge in [-0.25, -0.2) is 4.98 Å². The van der Waals surface area contributed by atoms with Gasteiger partial charge in [-0.15, -0.1) is 0 Å². The molecule has 0 radical (unpaired) electrons. The number of aromatic nitrogens is 1. The zero-order valence-corrected chi connectivity index (χ0v) is 10.9. The number of methoxy groups -OCH3 is 1. The Kier molecular flexibility index (Phi) is 6.31. The molecule has 6 nitrogen and oxygen atoms in total. The van der Waals surface area contributed by atoms with E-state index in [2.05, 4.69) is 10.3 Å². The molecule has 1 heterocycles. The summed E-state index contributed by atoms with van der Waals surface area (Å²) in [4.78, 5) is 14.6. The maximum absolute atomic E-state index is 10.5. The predicted molar refractivity (Wildman–Crippen MR) is 72.2 cm³/mol. The first kappa shape index (κ1) is 14.6. The van der Waals surface area contributed by atoms with Crippen LogP contribution < -0.4 is 15.8 Å². The van der Waals surface area contributed by atoms with Gasteiger partial charge in [-0.3, -0.25) is 4.79 Å². The van der Waals surface area contributed by atoms with Gasteiger partial charge in [0.05, 0.1) is 7.11 Å². The fourth-order valence-electron chi connectivity index (χ4n) is 1.17. The van der Waals surface area contributed by atoms with Crippen LogP contribution in [0.15, 0.2) is 18.3 Å². The minimum Gasteiger partial charge on any atom is -0.497 e. The molecule has 0 aliphatic heterocycles. The predicted octanol–water partition coefficient (Wildman–Crippen LogP) is 0.647. The van der Waals surface area contributed by atoms with Crippen LogP contribution in [-0.2, 0) is 4.79 Å². The van der Waals surface area contributed by atoms with Gasteiger partial charge in [-0.2, -0.15) is 11.8 Å². The van der Waals surface area contributed by atoms with Crippen LogP contribution in [0.5, 0.6) is 5.75 Å². The van der Waals surface area contributed by atoms with Crippen LogP contribution in [0.2, 0.25) is 0 Å². The third-order valence-corrected chi connectivity index (χ3v) is 3.22. The molecule has 0 saturated carbocycles. The van der Waals surface area contributed by atoms with Crippen LogP contribution in [0.4, 0.5) is 5.82 Å². The number of nitrogens with two attached hydrogens (primary N) is 1. The molecule has 0 bridgehead atoms. The summed E-state index contributed by atoms with van der Waals surface area (Å²) in [5, 5.41) is 11.7. The molecular formula is C11H17N3O3S. The number of carbonyl (C=O) groups is 1. The number of carboxylic acids is 1. The van der Waals surface area contributed by atoms with Crippen molar-refractivity contribution in [3.63, 3.8) is 0 Å². The first-order valence-corrected chi connectivity index (χ1v) is 6.59. The van der Waals surface area contributed by atoms with E-state index in [1.165, 1.54) is 11.8 Å². The fourth-order valence-corrected chi connectivity index (χ4v) is 1.98. The molecule has 4 N–H and O–H groups in total. The highest BCUT2D eigenvalue weighted by atomic mass is 32.2. The summed E-state index contributed by atoms with van der Waals surface area (Å²) in [6.45, 7) is 0.692. The number of thioether (sulfide) groups is 1. The van der Waals surface area contributed by atoms with E-state index in [0.717, 1.165) is 17.3 Å².